The first-order valence-electron chi connectivity index (χ1n) is 20.2. The normalized spacial score (nSPS) is 12.0. The van der Waals surface area contributed by atoms with Gasteiger partial charge in [0, 0.05) is 54.7 Å². The van der Waals surface area contributed by atoms with Crippen molar-refractivity contribution in [3.63, 3.8) is 0 Å². The average Bonchev–Trinajstić information content (AvgIpc) is 4.06. The van der Waals surface area contributed by atoms with Crippen molar-refractivity contribution in [2.24, 2.45) is 0 Å². The summed E-state index contributed by atoms with van der Waals surface area (Å²) in [5.74, 6) is 0. The van der Waals surface area contributed by atoms with Gasteiger partial charge in [0.05, 0.1) is 44.1 Å². The monoisotopic (exact) mass is 765 g/mol. The van der Waals surface area contributed by atoms with Gasteiger partial charge in [-0.05, 0) is 66.2 Å². The number of hydrogen-bond acceptors (Lipinski definition) is 3. The Morgan fingerprint density at radius 2 is 0.917 bits per heavy atom. The summed E-state index contributed by atoms with van der Waals surface area (Å²) >= 11 is 0. The van der Waals surface area contributed by atoms with Crippen LogP contribution < -0.4 is 0 Å². The molecule has 4 aromatic heterocycles. The Labute approximate surface area is 342 Å². The number of furan rings is 2. The molecule has 0 fully saturated rings. The van der Waals surface area contributed by atoms with Crippen LogP contribution in [0.25, 0.3) is 121 Å². The fourth-order valence-electron chi connectivity index (χ4n) is 9.83. The number of nitriles is 1. The molecule has 0 aliphatic rings. The predicted molar refractivity (Wildman–Crippen MR) is 245 cm³/mol. The summed E-state index contributed by atoms with van der Waals surface area (Å²) in [6.07, 6.45) is 0. The number of aromatic nitrogens is 2. The van der Waals surface area contributed by atoms with Crippen LogP contribution in [0.1, 0.15) is 5.56 Å². The van der Waals surface area contributed by atoms with Crippen LogP contribution in [0.5, 0.6) is 0 Å². The van der Waals surface area contributed by atoms with Gasteiger partial charge in [0.1, 0.15) is 28.4 Å². The van der Waals surface area contributed by atoms with Gasteiger partial charge < -0.3 is 18.0 Å². The maximum absolute atomic E-state index is 11.0. The van der Waals surface area contributed by atoms with Crippen LogP contribution in [0.15, 0.2) is 197 Å². The first-order chi connectivity index (χ1) is 29.7. The van der Waals surface area contributed by atoms with Gasteiger partial charge in [0.25, 0.3) is 0 Å². The molecule has 5 heteroatoms. The second-order valence-electron chi connectivity index (χ2n) is 15.5. The Morgan fingerprint density at radius 1 is 0.383 bits per heavy atom. The molecule has 5 nitrogen and oxygen atoms in total. The number of hydrogen-bond donors (Lipinski definition) is 0. The Hall–Kier alpha value is -8.33. The lowest BCUT2D eigenvalue weighted by atomic mass is 9.91. The summed E-state index contributed by atoms with van der Waals surface area (Å²) in [6, 6.07) is 68.1. The zero-order valence-electron chi connectivity index (χ0n) is 32.1. The van der Waals surface area contributed by atoms with E-state index in [0.717, 1.165) is 121 Å². The third-order valence-corrected chi connectivity index (χ3v) is 12.4. The zero-order valence-corrected chi connectivity index (χ0v) is 32.1. The maximum atomic E-state index is 11.0. The van der Waals surface area contributed by atoms with Crippen molar-refractivity contribution < 1.29 is 8.83 Å². The first-order valence-corrected chi connectivity index (χ1v) is 20.2. The number of para-hydroxylation sites is 4. The van der Waals surface area contributed by atoms with Crippen molar-refractivity contribution in [2.75, 3.05) is 0 Å². The van der Waals surface area contributed by atoms with Gasteiger partial charge in [-0.3, -0.25) is 0 Å². The Bertz CT molecular complexity index is 3960. The van der Waals surface area contributed by atoms with E-state index in [1.54, 1.807) is 0 Å². The van der Waals surface area contributed by atoms with E-state index in [1.165, 1.54) is 0 Å². The molecule has 13 aromatic rings. The lowest BCUT2D eigenvalue weighted by Gasteiger charge is -2.19. The molecule has 0 spiro atoms. The van der Waals surface area contributed by atoms with Gasteiger partial charge in [-0.25, -0.2) is 0 Å². The molecular formula is C55H31N3O2. The second-order valence-corrected chi connectivity index (χ2v) is 15.5. The van der Waals surface area contributed by atoms with Gasteiger partial charge in [-0.2, -0.15) is 5.26 Å². The minimum Gasteiger partial charge on any atom is -0.455 e. The molecule has 0 saturated carbocycles. The molecule has 0 aliphatic heterocycles. The minimum atomic E-state index is 0.627. The van der Waals surface area contributed by atoms with E-state index in [1.807, 2.05) is 48.5 Å². The van der Waals surface area contributed by atoms with E-state index in [9.17, 15) is 5.26 Å². The SMILES string of the molecule is N#Cc1c(-c2ccccc2)cccc1-c1ccc(-n2c3ccccc3c3c4oc5ccccc5c4ccc32)cc1-n1c2ccccc2c2c3oc4ccccc4c3ccc21. The summed E-state index contributed by atoms with van der Waals surface area (Å²) in [4.78, 5) is 0. The Kier molecular flexibility index (Phi) is 6.73. The average molecular weight is 766 g/mol. The highest BCUT2D eigenvalue weighted by molar-refractivity contribution is 6.25. The van der Waals surface area contributed by atoms with Gasteiger partial charge in [0.15, 0.2) is 0 Å². The molecule has 0 aliphatic carbocycles. The highest BCUT2D eigenvalue weighted by atomic mass is 16.3. The molecule has 13 rings (SSSR count). The van der Waals surface area contributed by atoms with Crippen molar-refractivity contribution in [3.05, 3.63) is 194 Å². The van der Waals surface area contributed by atoms with Gasteiger partial charge in [-0.1, -0.05) is 127 Å². The first kappa shape index (κ1) is 32.7. The Morgan fingerprint density at radius 3 is 1.55 bits per heavy atom. The fraction of sp³-hybridized carbons (Fsp3) is 0. The number of fused-ring (bicyclic) bond motifs is 14. The number of rotatable bonds is 4. The summed E-state index contributed by atoms with van der Waals surface area (Å²) < 4.78 is 18.1. The van der Waals surface area contributed by atoms with Crippen molar-refractivity contribution >= 4 is 87.5 Å². The highest BCUT2D eigenvalue weighted by Gasteiger charge is 2.24. The number of benzene rings is 9. The smallest absolute Gasteiger partial charge is 0.145 e. The molecule has 4 heterocycles. The van der Waals surface area contributed by atoms with Crippen LogP contribution in [0.3, 0.4) is 0 Å². The van der Waals surface area contributed by atoms with E-state index < -0.39 is 0 Å². The fourth-order valence-corrected chi connectivity index (χ4v) is 9.83. The van der Waals surface area contributed by atoms with Crippen molar-refractivity contribution in [2.45, 2.75) is 0 Å². The van der Waals surface area contributed by atoms with E-state index in [2.05, 4.69) is 155 Å². The molecule has 0 N–H and O–H groups in total. The van der Waals surface area contributed by atoms with Crippen LogP contribution in [-0.4, -0.2) is 9.13 Å². The maximum Gasteiger partial charge on any atom is 0.145 e. The van der Waals surface area contributed by atoms with Crippen molar-refractivity contribution in [1.82, 2.24) is 9.13 Å². The van der Waals surface area contributed by atoms with Gasteiger partial charge >= 0.3 is 0 Å². The molecule has 0 unspecified atom stereocenters. The number of nitrogens with zero attached hydrogens (tertiary/aromatic N) is 3. The molecule has 0 amide bonds. The zero-order chi connectivity index (χ0) is 39.5. The summed E-state index contributed by atoms with van der Waals surface area (Å²) in [6.45, 7) is 0. The molecule has 60 heavy (non-hydrogen) atoms. The van der Waals surface area contributed by atoms with Crippen LogP contribution >= 0.6 is 0 Å². The van der Waals surface area contributed by atoms with Crippen LogP contribution in [0, 0.1) is 11.3 Å². The molecule has 0 saturated heterocycles. The molecule has 278 valence electrons. The summed E-state index contributed by atoms with van der Waals surface area (Å²) in [5.41, 5.74) is 13.9. The van der Waals surface area contributed by atoms with Crippen LogP contribution in [0.2, 0.25) is 0 Å². The predicted octanol–water partition coefficient (Wildman–Crippen LogP) is 14.9. The molecule has 9 aromatic carbocycles. The Balaban J connectivity index is 1.16. The standard InChI is InChI=1S/C55H31N3O2/c56-32-44-35(33-13-2-1-3-14-33)19-12-20-36(44)37-26-25-34(57-45-21-8-4-17-42(45)52-47(57)29-27-40-38-15-6-10-23-50(38)59-54(40)52)31-49(37)58-46-22-9-5-18-43(46)53-48(58)30-28-41-39-16-7-11-24-51(39)60-55(41)53/h1-31H. The van der Waals surface area contributed by atoms with Gasteiger partial charge in [0.2, 0.25) is 0 Å². The topological polar surface area (TPSA) is 59.9 Å². The lowest BCUT2D eigenvalue weighted by Crippen LogP contribution is -2.02. The summed E-state index contributed by atoms with van der Waals surface area (Å²) in [7, 11) is 0. The minimum absolute atomic E-state index is 0.627. The molecule has 0 radical (unpaired) electrons. The second kappa shape index (κ2) is 12.3. The van der Waals surface area contributed by atoms with Crippen molar-refractivity contribution in [3.8, 4) is 39.7 Å². The van der Waals surface area contributed by atoms with E-state index >= 15 is 0 Å². The molecule has 0 bridgehead atoms. The van der Waals surface area contributed by atoms with E-state index in [4.69, 9.17) is 8.83 Å². The molecule has 0 atom stereocenters. The largest absolute Gasteiger partial charge is 0.455 e. The summed E-state index contributed by atoms with van der Waals surface area (Å²) in [5, 5.41) is 19.7. The third-order valence-electron chi connectivity index (χ3n) is 12.4. The molecular weight excluding hydrogens is 735 g/mol. The highest BCUT2D eigenvalue weighted by Crippen LogP contribution is 2.45. The lowest BCUT2D eigenvalue weighted by molar-refractivity contribution is 0.672. The van der Waals surface area contributed by atoms with Crippen LogP contribution in [0.4, 0.5) is 0 Å². The quantitative estimate of drug-likeness (QED) is 0.179. The van der Waals surface area contributed by atoms with E-state index in [0.29, 0.717) is 5.56 Å². The van der Waals surface area contributed by atoms with Gasteiger partial charge in [-0.15, -0.1) is 0 Å². The van der Waals surface area contributed by atoms with Crippen molar-refractivity contribution in [1.29, 1.82) is 5.26 Å². The third kappa shape index (κ3) is 4.45. The van der Waals surface area contributed by atoms with E-state index in [-0.39, 0.29) is 0 Å². The van der Waals surface area contributed by atoms with Crippen LogP contribution in [-0.2, 0) is 0 Å².